The lowest BCUT2D eigenvalue weighted by Gasteiger charge is -2.25. The molecule has 1 aliphatic rings. The third-order valence-electron chi connectivity index (χ3n) is 4.56. The molecular formula is C17H24N4O4S. The number of carbonyl (C=O) groups excluding carboxylic acids is 1. The molecule has 1 saturated heterocycles. The lowest BCUT2D eigenvalue weighted by molar-refractivity contribution is -0.122. The van der Waals surface area contributed by atoms with Gasteiger partial charge in [-0.3, -0.25) is 9.48 Å². The maximum Gasteiger partial charge on any atom is 0.246 e. The van der Waals surface area contributed by atoms with Gasteiger partial charge in [0.2, 0.25) is 15.9 Å². The van der Waals surface area contributed by atoms with Crippen LogP contribution in [0.3, 0.4) is 0 Å². The molecule has 142 valence electrons. The largest absolute Gasteiger partial charge is 0.467 e. The number of nitrogens with one attached hydrogen (secondary N) is 1. The highest BCUT2D eigenvalue weighted by atomic mass is 32.2. The zero-order valence-corrected chi connectivity index (χ0v) is 15.9. The number of sulfonamides is 1. The fraction of sp³-hybridized carbons (Fsp3) is 0.529. The van der Waals surface area contributed by atoms with E-state index in [-0.39, 0.29) is 23.9 Å². The fourth-order valence-corrected chi connectivity index (χ4v) is 5.12. The first-order valence-electron chi connectivity index (χ1n) is 8.73. The Morgan fingerprint density at radius 2 is 2.00 bits per heavy atom. The van der Waals surface area contributed by atoms with Crippen molar-refractivity contribution in [3.63, 3.8) is 0 Å². The summed E-state index contributed by atoms with van der Waals surface area (Å²) in [6.07, 6.45) is 4.35. The topological polar surface area (TPSA) is 97.4 Å². The van der Waals surface area contributed by atoms with Gasteiger partial charge in [0.1, 0.15) is 17.2 Å². The van der Waals surface area contributed by atoms with Crippen LogP contribution in [0.5, 0.6) is 0 Å². The van der Waals surface area contributed by atoms with Gasteiger partial charge in [-0.1, -0.05) is 6.42 Å². The summed E-state index contributed by atoms with van der Waals surface area (Å²) in [6.45, 7) is 4.68. The van der Waals surface area contributed by atoms with Crippen molar-refractivity contribution >= 4 is 15.9 Å². The van der Waals surface area contributed by atoms with Gasteiger partial charge in [-0.05, 0) is 38.8 Å². The molecule has 3 rings (SSSR count). The number of piperidine rings is 1. The molecule has 0 unspecified atom stereocenters. The Hall–Kier alpha value is -2.13. The van der Waals surface area contributed by atoms with Gasteiger partial charge in [-0.25, -0.2) is 8.42 Å². The molecular weight excluding hydrogens is 356 g/mol. The van der Waals surface area contributed by atoms with Crippen molar-refractivity contribution in [2.45, 2.75) is 51.1 Å². The summed E-state index contributed by atoms with van der Waals surface area (Å²) in [5.41, 5.74) is 0.910. The number of carbonyl (C=O) groups is 1. The van der Waals surface area contributed by atoms with Gasteiger partial charge in [0.05, 0.1) is 24.2 Å². The van der Waals surface area contributed by atoms with E-state index in [1.165, 1.54) is 8.99 Å². The number of hydrogen-bond donors (Lipinski definition) is 1. The third-order valence-corrected chi connectivity index (χ3v) is 6.71. The van der Waals surface area contributed by atoms with Crippen LogP contribution in [-0.4, -0.2) is 41.5 Å². The van der Waals surface area contributed by atoms with Gasteiger partial charge in [0.25, 0.3) is 0 Å². The molecule has 26 heavy (non-hydrogen) atoms. The normalized spacial score (nSPS) is 15.9. The van der Waals surface area contributed by atoms with Gasteiger partial charge in [0.15, 0.2) is 0 Å². The van der Waals surface area contributed by atoms with E-state index in [0.29, 0.717) is 30.2 Å². The minimum absolute atomic E-state index is 0.0388. The van der Waals surface area contributed by atoms with E-state index in [1.807, 2.05) is 0 Å². The van der Waals surface area contributed by atoms with Gasteiger partial charge >= 0.3 is 0 Å². The number of rotatable bonds is 6. The van der Waals surface area contributed by atoms with Crippen LogP contribution in [0.2, 0.25) is 0 Å². The average molecular weight is 380 g/mol. The monoisotopic (exact) mass is 380 g/mol. The van der Waals surface area contributed by atoms with E-state index >= 15 is 0 Å². The van der Waals surface area contributed by atoms with Crippen LogP contribution in [0.15, 0.2) is 27.7 Å². The quantitative estimate of drug-likeness (QED) is 0.821. The van der Waals surface area contributed by atoms with Crippen molar-refractivity contribution in [2.75, 3.05) is 13.1 Å². The van der Waals surface area contributed by atoms with E-state index < -0.39 is 10.0 Å². The Balaban J connectivity index is 1.74. The molecule has 0 spiro atoms. The smallest absolute Gasteiger partial charge is 0.246 e. The Morgan fingerprint density at radius 1 is 1.27 bits per heavy atom. The molecule has 3 heterocycles. The van der Waals surface area contributed by atoms with Crippen LogP contribution in [0.1, 0.15) is 36.4 Å². The highest BCUT2D eigenvalue weighted by molar-refractivity contribution is 7.89. The minimum Gasteiger partial charge on any atom is -0.467 e. The summed E-state index contributed by atoms with van der Waals surface area (Å²) < 4.78 is 34.1. The second-order valence-electron chi connectivity index (χ2n) is 6.48. The molecule has 0 saturated carbocycles. The average Bonchev–Trinajstić information content (AvgIpc) is 3.22. The van der Waals surface area contributed by atoms with Crippen LogP contribution >= 0.6 is 0 Å². The van der Waals surface area contributed by atoms with E-state index in [4.69, 9.17) is 4.42 Å². The first-order valence-corrected chi connectivity index (χ1v) is 10.2. The Labute approximate surface area is 153 Å². The Morgan fingerprint density at radius 3 is 2.65 bits per heavy atom. The van der Waals surface area contributed by atoms with Crippen molar-refractivity contribution in [1.82, 2.24) is 19.4 Å². The summed E-state index contributed by atoms with van der Waals surface area (Å²) in [5.74, 6) is 0.397. The standard InChI is InChI=1S/C17H24N4O4S/c1-13-17(26(23,24)20-8-4-3-5-9-20)14(2)21(19-13)12-16(22)18-11-15-7-6-10-25-15/h6-7,10H,3-5,8-9,11-12H2,1-2H3,(H,18,22). The lowest BCUT2D eigenvalue weighted by Crippen LogP contribution is -2.36. The van der Waals surface area contributed by atoms with E-state index in [0.717, 1.165) is 19.3 Å². The van der Waals surface area contributed by atoms with Crippen LogP contribution in [-0.2, 0) is 27.9 Å². The van der Waals surface area contributed by atoms with Gasteiger partial charge in [0, 0.05) is 13.1 Å². The Kier molecular flexibility index (Phi) is 5.47. The van der Waals surface area contributed by atoms with Crippen molar-refractivity contribution < 1.29 is 17.6 Å². The number of furan rings is 1. The summed E-state index contributed by atoms with van der Waals surface area (Å²) in [7, 11) is -3.58. The Bertz CT molecular complexity index is 865. The molecule has 9 heteroatoms. The lowest BCUT2D eigenvalue weighted by atomic mass is 10.2. The van der Waals surface area contributed by atoms with Gasteiger partial charge < -0.3 is 9.73 Å². The van der Waals surface area contributed by atoms with Crippen LogP contribution in [0.25, 0.3) is 0 Å². The first kappa shape index (κ1) is 18.7. The molecule has 0 aliphatic carbocycles. The van der Waals surface area contributed by atoms with E-state index in [9.17, 15) is 13.2 Å². The number of nitrogens with zero attached hydrogens (tertiary/aromatic N) is 3. The van der Waals surface area contributed by atoms with Gasteiger partial charge in [-0.15, -0.1) is 0 Å². The van der Waals surface area contributed by atoms with E-state index in [2.05, 4.69) is 10.4 Å². The first-order chi connectivity index (χ1) is 12.4. The van der Waals surface area contributed by atoms with Crippen LogP contribution < -0.4 is 5.32 Å². The number of amides is 1. The summed E-state index contributed by atoms with van der Waals surface area (Å²) in [4.78, 5) is 12.4. The highest BCUT2D eigenvalue weighted by Gasteiger charge is 2.31. The summed E-state index contributed by atoms with van der Waals surface area (Å²) in [5, 5.41) is 7.02. The zero-order chi connectivity index (χ0) is 18.7. The van der Waals surface area contributed by atoms with Crippen molar-refractivity contribution in [3.05, 3.63) is 35.5 Å². The predicted molar refractivity (Wildman–Crippen MR) is 94.9 cm³/mol. The molecule has 1 fully saturated rings. The van der Waals surface area contributed by atoms with Crippen molar-refractivity contribution in [1.29, 1.82) is 0 Å². The molecule has 1 amide bonds. The van der Waals surface area contributed by atoms with Crippen LogP contribution in [0.4, 0.5) is 0 Å². The zero-order valence-electron chi connectivity index (χ0n) is 15.1. The molecule has 0 aromatic carbocycles. The molecule has 8 nitrogen and oxygen atoms in total. The minimum atomic E-state index is -3.58. The maximum absolute atomic E-state index is 13.0. The van der Waals surface area contributed by atoms with E-state index in [1.54, 1.807) is 32.2 Å². The van der Waals surface area contributed by atoms with Crippen molar-refractivity contribution in [3.8, 4) is 0 Å². The highest BCUT2D eigenvalue weighted by Crippen LogP contribution is 2.26. The predicted octanol–water partition coefficient (Wildman–Crippen LogP) is 1.58. The van der Waals surface area contributed by atoms with Crippen LogP contribution in [0, 0.1) is 13.8 Å². The van der Waals surface area contributed by atoms with Gasteiger partial charge in [-0.2, -0.15) is 9.40 Å². The number of aryl methyl sites for hydroxylation is 1. The molecule has 2 aromatic heterocycles. The maximum atomic E-state index is 13.0. The second-order valence-corrected chi connectivity index (χ2v) is 8.35. The molecule has 0 radical (unpaired) electrons. The number of hydrogen-bond acceptors (Lipinski definition) is 5. The SMILES string of the molecule is Cc1nn(CC(=O)NCc2ccco2)c(C)c1S(=O)(=O)N1CCCCC1. The van der Waals surface area contributed by atoms with Crippen molar-refractivity contribution in [2.24, 2.45) is 0 Å². The molecule has 2 aromatic rings. The number of aromatic nitrogens is 2. The molecule has 0 atom stereocenters. The molecule has 1 N–H and O–H groups in total. The molecule has 0 bridgehead atoms. The fourth-order valence-electron chi connectivity index (χ4n) is 3.23. The summed E-state index contributed by atoms with van der Waals surface area (Å²) in [6, 6.07) is 3.52. The molecule has 1 aliphatic heterocycles. The third kappa shape index (κ3) is 3.83. The second kappa shape index (κ2) is 7.63. The summed E-state index contributed by atoms with van der Waals surface area (Å²) >= 11 is 0.